The number of benzene rings is 2. The molecule has 1 amide bonds. The number of aromatic nitrogens is 2. The van der Waals surface area contributed by atoms with Crippen molar-refractivity contribution in [2.45, 2.75) is 13.8 Å². The number of likely N-dealkylation sites (N-methyl/N-ethyl adjacent to an activating group) is 1. The van der Waals surface area contributed by atoms with Gasteiger partial charge in [0.15, 0.2) is 11.6 Å². The van der Waals surface area contributed by atoms with Gasteiger partial charge in [-0.2, -0.15) is 0 Å². The maximum atomic E-state index is 13.2. The van der Waals surface area contributed by atoms with Crippen LogP contribution in [0.1, 0.15) is 21.5 Å². The average molecular weight is 332 g/mol. The van der Waals surface area contributed by atoms with E-state index in [9.17, 15) is 4.79 Å². The quantitative estimate of drug-likeness (QED) is 0.686. The van der Waals surface area contributed by atoms with Crippen LogP contribution in [-0.2, 0) is 0 Å². The van der Waals surface area contributed by atoms with Crippen molar-refractivity contribution in [3.8, 4) is 0 Å². The average Bonchev–Trinajstić information content (AvgIpc) is 2.60. The molecule has 1 aliphatic heterocycles. The summed E-state index contributed by atoms with van der Waals surface area (Å²) in [6.07, 6.45) is 0. The number of fused-ring (bicyclic) bond motifs is 2. The Balaban J connectivity index is 1.83. The standard InChI is InChI=1S/C20H20N4O/c1-13-8-9-15(14(2)12-13)20(25)24-11-10-23(3)18-19(24)22-17-7-5-4-6-16(17)21-18/h4-9,12H,10-11H2,1-3H3. The summed E-state index contributed by atoms with van der Waals surface area (Å²) >= 11 is 0. The van der Waals surface area contributed by atoms with Gasteiger partial charge in [0, 0.05) is 25.7 Å². The van der Waals surface area contributed by atoms with Crippen molar-refractivity contribution in [3.63, 3.8) is 0 Å². The molecule has 3 aromatic rings. The zero-order valence-corrected chi connectivity index (χ0v) is 14.7. The number of anilines is 2. The van der Waals surface area contributed by atoms with Crippen LogP contribution in [0.5, 0.6) is 0 Å². The minimum atomic E-state index is -0.0172. The molecule has 5 nitrogen and oxygen atoms in total. The Morgan fingerprint density at radius 2 is 1.64 bits per heavy atom. The minimum Gasteiger partial charge on any atom is -0.355 e. The van der Waals surface area contributed by atoms with Crippen LogP contribution in [0.4, 0.5) is 11.6 Å². The second-order valence-corrected chi connectivity index (χ2v) is 6.56. The van der Waals surface area contributed by atoms with E-state index < -0.39 is 0 Å². The molecule has 0 radical (unpaired) electrons. The summed E-state index contributed by atoms with van der Waals surface area (Å²) in [5, 5.41) is 0. The summed E-state index contributed by atoms with van der Waals surface area (Å²) in [6.45, 7) is 5.34. The van der Waals surface area contributed by atoms with Crippen molar-refractivity contribution in [1.29, 1.82) is 0 Å². The first-order valence-electron chi connectivity index (χ1n) is 8.41. The Morgan fingerprint density at radius 1 is 0.960 bits per heavy atom. The molecular formula is C20H20N4O. The van der Waals surface area contributed by atoms with Gasteiger partial charge in [-0.3, -0.25) is 9.69 Å². The highest BCUT2D eigenvalue weighted by Crippen LogP contribution is 2.31. The monoisotopic (exact) mass is 332 g/mol. The molecular weight excluding hydrogens is 312 g/mol. The molecule has 0 spiro atoms. The van der Waals surface area contributed by atoms with E-state index >= 15 is 0 Å². The van der Waals surface area contributed by atoms with Gasteiger partial charge >= 0.3 is 0 Å². The van der Waals surface area contributed by atoms with Gasteiger partial charge in [-0.05, 0) is 37.6 Å². The SMILES string of the molecule is Cc1ccc(C(=O)N2CCN(C)c3nc4ccccc4nc32)c(C)c1. The van der Waals surface area contributed by atoms with Crippen molar-refractivity contribution in [2.24, 2.45) is 0 Å². The molecule has 1 aliphatic rings. The lowest BCUT2D eigenvalue weighted by Crippen LogP contribution is -2.44. The van der Waals surface area contributed by atoms with E-state index in [4.69, 9.17) is 9.97 Å². The third-order valence-corrected chi connectivity index (χ3v) is 4.67. The predicted molar refractivity (Wildman–Crippen MR) is 100 cm³/mol. The first-order chi connectivity index (χ1) is 12.0. The highest BCUT2D eigenvalue weighted by Gasteiger charge is 2.29. The van der Waals surface area contributed by atoms with E-state index in [1.807, 2.05) is 63.4 Å². The van der Waals surface area contributed by atoms with Crippen LogP contribution < -0.4 is 9.80 Å². The van der Waals surface area contributed by atoms with E-state index in [2.05, 4.69) is 4.90 Å². The number of amides is 1. The fourth-order valence-corrected chi connectivity index (χ4v) is 3.28. The van der Waals surface area contributed by atoms with Crippen molar-refractivity contribution in [1.82, 2.24) is 9.97 Å². The topological polar surface area (TPSA) is 49.3 Å². The van der Waals surface area contributed by atoms with Crippen LogP contribution in [0.15, 0.2) is 42.5 Å². The number of rotatable bonds is 1. The van der Waals surface area contributed by atoms with Crippen molar-refractivity contribution in [2.75, 3.05) is 29.9 Å². The van der Waals surface area contributed by atoms with Gasteiger partial charge < -0.3 is 4.90 Å². The second-order valence-electron chi connectivity index (χ2n) is 6.56. The molecule has 0 saturated heterocycles. The van der Waals surface area contributed by atoms with Crippen LogP contribution in [0.25, 0.3) is 11.0 Å². The molecule has 0 bridgehead atoms. The fourth-order valence-electron chi connectivity index (χ4n) is 3.28. The van der Waals surface area contributed by atoms with Gasteiger partial charge in [-0.1, -0.05) is 29.8 Å². The molecule has 0 unspecified atom stereocenters. The fraction of sp³-hybridized carbons (Fsp3) is 0.250. The van der Waals surface area contributed by atoms with Crippen molar-refractivity contribution in [3.05, 3.63) is 59.2 Å². The van der Waals surface area contributed by atoms with E-state index in [0.29, 0.717) is 12.4 Å². The van der Waals surface area contributed by atoms with Gasteiger partial charge in [-0.25, -0.2) is 9.97 Å². The lowest BCUT2D eigenvalue weighted by atomic mass is 10.0. The molecule has 0 saturated carbocycles. The van der Waals surface area contributed by atoms with E-state index in [1.54, 1.807) is 4.90 Å². The molecule has 0 fully saturated rings. The summed E-state index contributed by atoms with van der Waals surface area (Å²) in [7, 11) is 1.99. The third-order valence-electron chi connectivity index (χ3n) is 4.67. The van der Waals surface area contributed by atoms with E-state index in [1.165, 1.54) is 0 Å². The molecule has 1 aromatic heterocycles. The zero-order valence-electron chi connectivity index (χ0n) is 14.7. The Bertz CT molecular complexity index is 983. The minimum absolute atomic E-state index is 0.0172. The van der Waals surface area contributed by atoms with Crippen LogP contribution >= 0.6 is 0 Å². The lowest BCUT2D eigenvalue weighted by molar-refractivity contribution is 0.0985. The first kappa shape index (κ1) is 15.6. The van der Waals surface area contributed by atoms with Gasteiger partial charge in [0.1, 0.15) is 0 Å². The maximum absolute atomic E-state index is 13.2. The van der Waals surface area contributed by atoms with E-state index in [0.717, 1.165) is 40.1 Å². The second kappa shape index (κ2) is 5.84. The number of carbonyl (C=O) groups is 1. The number of nitrogens with zero attached hydrogens (tertiary/aromatic N) is 4. The summed E-state index contributed by atoms with van der Waals surface area (Å²) in [6, 6.07) is 13.7. The summed E-state index contributed by atoms with van der Waals surface area (Å²) in [4.78, 5) is 26.5. The molecule has 4 rings (SSSR count). The number of aryl methyl sites for hydroxylation is 2. The first-order valence-corrected chi connectivity index (χ1v) is 8.41. The Labute approximate surface area is 146 Å². The molecule has 0 N–H and O–H groups in total. The van der Waals surface area contributed by atoms with Gasteiger partial charge in [0.2, 0.25) is 0 Å². The van der Waals surface area contributed by atoms with Crippen LogP contribution in [-0.4, -0.2) is 36.0 Å². The highest BCUT2D eigenvalue weighted by atomic mass is 16.2. The van der Waals surface area contributed by atoms with Gasteiger partial charge in [0.25, 0.3) is 5.91 Å². The third kappa shape index (κ3) is 2.61. The lowest BCUT2D eigenvalue weighted by Gasteiger charge is -2.34. The van der Waals surface area contributed by atoms with Crippen LogP contribution in [0.2, 0.25) is 0 Å². The number of hydrogen-bond donors (Lipinski definition) is 0. The molecule has 5 heteroatoms. The molecule has 2 heterocycles. The van der Waals surface area contributed by atoms with Crippen molar-refractivity contribution < 1.29 is 4.79 Å². The highest BCUT2D eigenvalue weighted by molar-refractivity contribution is 6.08. The largest absolute Gasteiger partial charge is 0.355 e. The maximum Gasteiger partial charge on any atom is 0.259 e. The Kier molecular flexibility index (Phi) is 3.64. The number of hydrogen-bond acceptors (Lipinski definition) is 4. The predicted octanol–water partition coefficient (Wildman–Crippen LogP) is 3.34. The van der Waals surface area contributed by atoms with E-state index in [-0.39, 0.29) is 5.91 Å². The summed E-state index contributed by atoms with van der Waals surface area (Å²) in [5.41, 5.74) is 4.50. The number of carbonyl (C=O) groups excluding carboxylic acids is 1. The molecule has 0 atom stereocenters. The smallest absolute Gasteiger partial charge is 0.259 e. The van der Waals surface area contributed by atoms with Crippen LogP contribution in [0, 0.1) is 13.8 Å². The van der Waals surface area contributed by atoms with Gasteiger partial charge in [0.05, 0.1) is 11.0 Å². The Hall–Kier alpha value is -2.95. The molecule has 25 heavy (non-hydrogen) atoms. The summed E-state index contributed by atoms with van der Waals surface area (Å²) < 4.78 is 0. The molecule has 126 valence electrons. The molecule has 2 aromatic carbocycles. The summed E-state index contributed by atoms with van der Waals surface area (Å²) in [5.74, 6) is 1.37. The Morgan fingerprint density at radius 3 is 2.32 bits per heavy atom. The van der Waals surface area contributed by atoms with Crippen molar-refractivity contribution >= 4 is 28.6 Å². The van der Waals surface area contributed by atoms with Crippen LogP contribution in [0.3, 0.4) is 0 Å². The van der Waals surface area contributed by atoms with Gasteiger partial charge in [-0.15, -0.1) is 0 Å². The normalized spacial score (nSPS) is 13.9. The number of para-hydroxylation sites is 2. The zero-order chi connectivity index (χ0) is 17.6. The molecule has 0 aliphatic carbocycles.